The Bertz CT molecular complexity index is 739. The van der Waals surface area contributed by atoms with Crippen molar-refractivity contribution in [2.75, 3.05) is 18.4 Å². The summed E-state index contributed by atoms with van der Waals surface area (Å²) in [7, 11) is 0. The molecule has 0 spiro atoms. The number of anilines is 2. The molecule has 0 saturated carbocycles. The van der Waals surface area contributed by atoms with Crippen LogP contribution in [-0.4, -0.2) is 28.9 Å². The van der Waals surface area contributed by atoms with Gasteiger partial charge in [-0.05, 0) is 49.4 Å². The van der Waals surface area contributed by atoms with E-state index >= 15 is 0 Å². The lowest BCUT2D eigenvalue weighted by atomic mass is 9.99. The summed E-state index contributed by atoms with van der Waals surface area (Å²) in [6.45, 7) is 5.85. The van der Waals surface area contributed by atoms with Gasteiger partial charge >= 0.3 is 0 Å². The van der Waals surface area contributed by atoms with E-state index in [1.807, 2.05) is 36.1 Å². The van der Waals surface area contributed by atoms with Crippen molar-refractivity contribution >= 4 is 28.9 Å². The van der Waals surface area contributed by atoms with Crippen molar-refractivity contribution in [2.24, 2.45) is 5.92 Å². The second-order valence-corrected chi connectivity index (χ2v) is 6.88. The number of carbonyl (C=O) groups is 1. The molecule has 1 saturated heterocycles. The first kappa shape index (κ1) is 16.8. The van der Waals surface area contributed by atoms with Crippen LogP contribution in [0, 0.1) is 12.8 Å². The van der Waals surface area contributed by atoms with Crippen molar-refractivity contribution in [1.29, 1.82) is 0 Å². The summed E-state index contributed by atoms with van der Waals surface area (Å²) in [4.78, 5) is 18.8. The zero-order valence-electron chi connectivity index (χ0n) is 14.1. The number of hydrogen-bond donors (Lipinski definition) is 1. The number of pyridine rings is 1. The highest BCUT2D eigenvalue weighted by molar-refractivity contribution is 6.31. The van der Waals surface area contributed by atoms with E-state index in [4.69, 9.17) is 11.6 Å². The molecule has 1 aliphatic heterocycles. The number of piperidine rings is 1. The van der Waals surface area contributed by atoms with Gasteiger partial charge in [-0.15, -0.1) is 0 Å². The van der Waals surface area contributed by atoms with Crippen molar-refractivity contribution in [3.05, 3.63) is 52.8 Å². The lowest BCUT2D eigenvalue weighted by Crippen LogP contribution is -2.37. The van der Waals surface area contributed by atoms with Crippen molar-refractivity contribution in [2.45, 2.75) is 26.7 Å². The molecule has 126 valence electrons. The average Bonchev–Trinajstić information content (AvgIpc) is 2.59. The van der Waals surface area contributed by atoms with Crippen LogP contribution in [-0.2, 0) is 0 Å². The number of amides is 1. The molecule has 2 heterocycles. The number of aromatic nitrogens is 1. The quantitative estimate of drug-likeness (QED) is 0.881. The molecule has 24 heavy (non-hydrogen) atoms. The average molecular weight is 344 g/mol. The molecule has 3 rings (SSSR count). The second kappa shape index (κ2) is 7.22. The predicted molar refractivity (Wildman–Crippen MR) is 98.0 cm³/mol. The summed E-state index contributed by atoms with van der Waals surface area (Å²) in [5, 5.41) is 4.01. The highest BCUT2D eigenvalue weighted by Gasteiger charge is 2.21. The monoisotopic (exact) mass is 343 g/mol. The summed E-state index contributed by atoms with van der Waals surface area (Å²) < 4.78 is 0. The minimum Gasteiger partial charge on any atom is -0.354 e. The number of halogens is 1. The van der Waals surface area contributed by atoms with E-state index in [0.717, 1.165) is 42.9 Å². The summed E-state index contributed by atoms with van der Waals surface area (Å²) in [6, 6.07) is 7.57. The van der Waals surface area contributed by atoms with Gasteiger partial charge in [0.2, 0.25) is 0 Å². The first-order valence-corrected chi connectivity index (χ1v) is 8.69. The fourth-order valence-electron chi connectivity index (χ4n) is 2.92. The Morgan fingerprint density at radius 1 is 1.29 bits per heavy atom. The molecule has 0 unspecified atom stereocenters. The van der Waals surface area contributed by atoms with Gasteiger partial charge in [0.25, 0.3) is 5.91 Å². The summed E-state index contributed by atoms with van der Waals surface area (Å²) in [6.07, 6.45) is 5.49. The van der Waals surface area contributed by atoms with Crippen LogP contribution >= 0.6 is 11.6 Å². The van der Waals surface area contributed by atoms with E-state index in [0.29, 0.717) is 16.5 Å². The standard InChI is InChI=1S/C19H22ClN3O/c1-13-6-8-23(9-7-13)19(24)15-10-16(12-21-11-15)22-18-5-3-4-17(20)14(18)2/h3-5,10-13,22H,6-9H2,1-2H3. The van der Waals surface area contributed by atoms with Crippen LogP contribution in [0.2, 0.25) is 5.02 Å². The molecule has 1 aromatic carbocycles. The maximum absolute atomic E-state index is 12.7. The molecule has 0 bridgehead atoms. The smallest absolute Gasteiger partial charge is 0.255 e. The zero-order chi connectivity index (χ0) is 17.1. The van der Waals surface area contributed by atoms with Gasteiger partial charge in [-0.1, -0.05) is 24.6 Å². The second-order valence-electron chi connectivity index (χ2n) is 6.47. The fourth-order valence-corrected chi connectivity index (χ4v) is 3.09. The Labute approximate surface area is 147 Å². The van der Waals surface area contributed by atoms with Crippen molar-refractivity contribution < 1.29 is 4.79 Å². The Kier molecular flexibility index (Phi) is 5.05. The van der Waals surface area contributed by atoms with Crippen LogP contribution in [0.5, 0.6) is 0 Å². The first-order chi connectivity index (χ1) is 11.5. The summed E-state index contributed by atoms with van der Waals surface area (Å²) >= 11 is 6.16. The molecule has 1 aromatic heterocycles. The Morgan fingerprint density at radius 3 is 2.79 bits per heavy atom. The van der Waals surface area contributed by atoms with Crippen molar-refractivity contribution in [3.8, 4) is 0 Å². The van der Waals surface area contributed by atoms with Gasteiger partial charge in [-0.25, -0.2) is 0 Å². The van der Waals surface area contributed by atoms with Crippen LogP contribution in [0.1, 0.15) is 35.7 Å². The van der Waals surface area contributed by atoms with Crippen LogP contribution < -0.4 is 5.32 Å². The number of hydrogen-bond acceptors (Lipinski definition) is 3. The molecule has 1 fully saturated rings. The van der Waals surface area contributed by atoms with Gasteiger partial charge in [0.1, 0.15) is 0 Å². The molecule has 1 N–H and O–H groups in total. The number of likely N-dealkylation sites (tertiary alicyclic amines) is 1. The number of nitrogens with zero attached hydrogens (tertiary/aromatic N) is 2. The molecule has 0 aliphatic carbocycles. The van der Waals surface area contributed by atoms with Crippen molar-refractivity contribution in [3.63, 3.8) is 0 Å². The van der Waals surface area contributed by atoms with E-state index < -0.39 is 0 Å². The minimum absolute atomic E-state index is 0.0564. The highest BCUT2D eigenvalue weighted by atomic mass is 35.5. The van der Waals surface area contributed by atoms with E-state index in [2.05, 4.69) is 17.2 Å². The molecule has 1 aliphatic rings. The van der Waals surface area contributed by atoms with Gasteiger partial charge in [0.05, 0.1) is 17.4 Å². The third-order valence-electron chi connectivity index (χ3n) is 4.60. The van der Waals surface area contributed by atoms with Crippen LogP contribution in [0.4, 0.5) is 11.4 Å². The van der Waals surface area contributed by atoms with Crippen LogP contribution in [0.15, 0.2) is 36.7 Å². The Balaban J connectivity index is 1.76. The Hall–Kier alpha value is -2.07. The minimum atomic E-state index is 0.0564. The SMILES string of the molecule is Cc1c(Cl)cccc1Nc1cncc(C(=O)N2CCC(C)CC2)c1. The molecule has 5 heteroatoms. The van der Waals surface area contributed by atoms with Gasteiger partial charge < -0.3 is 10.2 Å². The van der Waals surface area contributed by atoms with Gasteiger partial charge in [0.15, 0.2) is 0 Å². The predicted octanol–water partition coefficient (Wildman–Crippen LogP) is 4.66. The third kappa shape index (κ3) is 3.70. The van der Waals surface area contributed by atoms with Crippen LogP contribution in [0.25, 0.3) is 0 Å². The lowest BCUT2D eigenvalue weighted by molar-refractivity contribution is 0.0697. The van der Waals surface area contributed by atoms with E-state index in [1.165, 1.54) is 0 Å². The first-order valence-electron chi connectivity index (χ1n) is 8.31. The number of carbonyl (C=O) groups excluding carboxylic acids is 1. The topological polar surface area (TPSA) is 45.2 Å². The van der Waals surface area contributed by atoms with Crippen LogP contribution in [0.3, 0.4) is 0 Å². The number of benzene rings is 1. The van der Waals surface area contributed by atoms with E-state index in [9.17, 15) is 4.79 Å². The molecular formula is C19H22ClN3O. The maximum Gasteiger partial charge on any atom is 0.255 e. The number of rotatable bonds is 3. The molecule has 4 nitrogen and oxygen atoms in total. The van der Waals surface area contributed by atoms with Gasteiger partial charge in [-0.2, -0.15) is 0 Å². The van der Waals surface area contributed by atoms with Gasteiger partial charge in [0, 0.05) is 30.0 Å². The zero-order valence-corrected chi connectivity index (χ0v) is 14.8. The lowest BCUT2D eigenvalue weighted by Gasteiger charge is -2.30. The number of nitrogens with one attached hydrogen (secondary N) is 1. The summed E-state index contributed by atoms with van der Waals surface area (Å²) in [5.74, 6) is 0.756. The fraction of sp³-hybridized carbons (Fsp3) is 0.368. The van der Waals surface area contributed by atoms with Crippen molar-refractivity contribution in [1.82, 2.24) is 9.88 Å². The highest BCUT2D eigenvalue weighted by Crippen LogP contribution is 2.26. The van der Waals surface area contributed by atoms with Gasteiger partial charge in [-0.3, -0.25) is 9.78 Å². The Morgan fingerprint density at radius 2 is 2.04 bits per heavy atom. The molecular weight excluding hydrogens is 322 g/mol. The summed E-state index contributed by atoms with van der Waals surface area (Å²) in [5.41, 5.74) is 3.30. The van der Waals surface area contributed by atoms with E-state index in [-0.39, 0.29) is 5.91 Å². The molecule has 0 atom stereocenters. The normalized spacial score (nSPS) is 15.4. The van der Waals surface area contributed by atoms with E-state index in [1.54, 1.807) is 12.4 Å². The molecule has 2 aromatic rings. The molecule has 1 amide bonds. The third-order valence-corrected chi connectivity index (χ3v) is 5.01. The molecule has 0 radical (unpaired) electrons. The maximum atomic E-state index is 12.7. The largest absolute Gasteiger partial charge is 0.354 e.